The molecule has 0 radical (unpaired) electrons. The van der Waals surface area contributed by atoms with E-state index in [0.717, 1.165) is 36.5 Å². The van der Waals surface area contributed by atoms with Crippen molar-refractivity contribution in [1.82, 2.24) is 19.9 Å². The van der Waals surface area contributed by atoms with Crippen molar-refractivity contribution >= 4 is 17.7 Å². The molecule has 0 spiro atoms. The maximum atomic E-state index is 11.9. The Morgan fingerprint density at radius 3 is 2.76 bits per heavy atom. The van der Waals surface area contributed by atoms with E-state index in [1.54, 1.807) is 0 Å². The van der Waals surface area contributed by atoms with Crippen LogP contribution in [0.15, 0.2) is 24.3 Å². The Hall–Kier alpha value is -2.54. The molecule has 0 aromatic carbocycles. The van der Waals surface area contributed by atoms with E-state index in [9.17, 15) is 4.79 Å². The fourth-order valence-electron chi connectivity index (χ4n) is 3.22. The fraction of sp³-hybridized carbons (Fsp3) is 0.444. The van der Waals surface area contributed by atoms with Crippen LogP contribution in [-0.2, 0) is 4.79 Å². The van der Waals surface area contributed by atoms with Crippen LogP contribution in [-0.4, -0.2) is 45.4 Å². The predicted molar refractivity (Wildman–Crippen MR) is 96.6 cm³/mol. The molecule has 3 rings (SSSR count). The molecular formula is C18H24N6O. The molecule has 1 amide bonds. The number of nitrogens with zero attached hydrogens (tertiary/aromatic N) is 4. The smallest absolute Gasteiger partial charge is 0.236 e. The number of anilines is 2. The van der Waals surface area contributed by atoms with Gasteiger partial charge in [0.1, 0.15) is 5.82 Å². The summed E-state index contributed by atoms with van der Waals surface area (Å²) in [7, 11) is 0. The number of rotatable bonds is 4. The van der Waals surface area contributed by atoms with Gasteiger partial charge in [0.2, 0.25) is 11.9 Å². The molecule has 2 aromatic heterocycles. The highest BCUT2D eigenvalue weighted by atomic mass is 16.2. The summed E-state index contributed by atoms with van der Waals surface area (Å²) in [4.78, 5) is 27.2. The molecular weight excluding hydrogens is 316 g/mol. The van der Waals surface area contributed by atoms with Crippen molar-refractivity contribution in [3.05, 3.63) is 41.3 Å². The molecule has 0 saturated carbocycles. The van der Waals surface area contributed by atoms with Gasteiger partial charge in [-0.15, -0.1) is 0 Å². The number of nitrogens with one attached hydrogen (secondary N) is 1. The average Bonchev–Trinajstić information content (AvgIpc) is 2.60. The van der Waals surface area contributed by atoms with Crippen LogP contribution in [0, 0.1) is 13.8 Å². The summed E-state index contributed by atoms with van der Waals surface area (Å²) in [6, 6.07) is 7.81. The van der Waals surface area contributed by atoms with Crippen LogP contribution in [0.25, 0.3) is 0 Å². The number of piperidine rings is 1. The summed E-state index contributed by atoms with van der Waals surface area (Å²) in [6.45, 7) is 5.39. The highest BCUT2D eigenvalue weighted by molar-refractivity contribution is 5.78. The average molecular weight is 340 g/mol. The first-order valence-corrected chi connectivity index (χ1v) is 8.59. The number of hydrogen-bond acceptors (Lipinski definition) is 6. The van der Waals surface area contributed by atoms with Crippen molar-refractivity contribution in [2.45, 2.75) is 32.6 Å². The Morgan fingerprint density at radius 2 is 2.04 bits per heavy atom. The maximum absolute atomic E-state index is 11.9. The van der Waals surface area contributed by atoms with Gasteiger partial charge in [0, 0.05) is 36.1 Å². The molecule has 1 aliphatic heterocycles. The maximum Gasteiger partial charge on any atom is 0.236 e. The molecule has 3 N–H and O–H groups in total. The number of aryl methyl sites for hydroxylation is 2. The fourth-order valence-corrected chi connectivity index (χ4v) is 3.22. The van der Waals surface area contributed by atoms with Crippen molar-refractivity contribution in [3.8, 4) is 0 Å². The Bertz CT molecular complexity index is 743. The molecule has 1 aliphatic rings. The van der Waals surface area contributed by atoms with Gasteiger partial charge in [0.15, 0.2) is 0 Å². The molecule has 25 heavy (non-hydrogen) atoms. The lowest BCUT2D eigenvalue weighted by molar-refractivity contribution is -0.130. The molecule has 7 heteroatoms. The number of nitrogens with two attached hydrogens (primary N) is 1. The Kier molecular flexibility index (Phi) is 5.23. The molecule has 132 valence electrons. The first kappa shape index (κ1) is 17.3. The topological polar surface area (TPSA) is 97.0 Å². The highest BCUT2D eigenvalue weighted by Gasteiger charge is 2.25. The number of carbonyl (C=O) groups excluding carboxylic acids is 1. The molecule has 2 aromatic rings. The van der Waals surface area contributed by atoms with Crippen LogP contribution in [0.3, 0.4) is 0 Å². The van der Waals surface area contributed by atoms with E-state index >= 15 is 0 Å². The summed E-state index contributed by atoms with van der Waals surface area (Å²) in [5, 5.41) is 3.18. The standard InChI is InChI=1S/C18H24N6O/c1-12-9-13(2)21-18(20-12)23-16-7-3-6-15(22-16)14-5-4-8-24(11-14)17(25)10-19/h3,6-7,9,14H,4-5,8,10-11,19H2,1-2H3,(H,20,21,22,23). The van der Waals surface area contributed by atoms with Gasteiger partial charge >= 0.3 is 0 Å². The van der Waals surface area contributed by atoms with Crippen molar-refractivity contribution in [2.24, 2.45) is 5.73 Å². The molecule has 0 bridgehead atoms. The largest absolute Gasteiger partial charge is 0.341 e. The quantitative estimate of drug-likeness (QED) is 0.882. The van der Waals surface area contributed by atoms with Gasteiger partial charge in [-0.2, -0.15) is 0 Å². The van der Waals surface area contributed by atoms with Crippen LogP contribution in [0.1, 0.15) is 35.8 Å². The molecule has 3 heterocycles. The monoisotopic (exact) mass is 340 g/mol. The molecule has 1 atom stereocenters. The second kappa shape index (κ2) is 7.57. The highest BCUT2D eigenvalue weighted by Crippen LogP contribution is 2.26. The van der Waals surface area contributed by atoms with Crippen molar-refractivity contribution in [3.63, 3.8) is 0 Å². The molecule has 0 aliphatic carbocycles. The lowest BCUT2D eigenvalue weighted by atomic mass is 9.94. The third-order valence-corrected chi connectivity index (χ3v) is 4.36. The molecule has 1 unspecified atom stereocenters. The van der Waals surface area contributed by atoms with Crippen molar-refractivity contribution in [1.29, 1.82) is 0 Å². The van der Waals surface area contributed by atoms with Gasteiger partial charge in [-0.3, -0.25) is 4.79 Å². The van der Waals surface area contributed by atoms with Crippen LogP contribution in [0.5, 0.6) is 0 Å². The van der Waals surface area contributed by atoms with Gasteiger partial charge < -0.3 is 16.0 Å². The first-order chi connectivity index (χ1) is 12.0. The first-order valence-electron chi connectivity index (χ1n) is 8.59. The third kappa shape index (κ3) is 4.30. The number of likely N-dealkylation sites (tertiary alicyclic amines) is 1. The van der Waals surface area contributed by atoms with Crippen molar-refractivity contribution < 1.29 is 4.79 Å². The number of carbonyl (C=O) groups is 1. The number of pyridine rings is 1. The third-order valence-electron chi connectivity index (χ3n) is 4.36. The minimum atomic E-state index is 0.00242. The summed E-state index contributed by atoms with van der Waals surface area (Å²) in [6.07, 6.45) is 1.99. The summed E-state index contributed by atoms with van der Waals surface area (Å²) in [5.41, 5.74) is 8.29. The second-order valence-electron chi connectivity index (χ2n) is 6.43. The van der Waals surface area contributed by atoms with Gasteiger partial charge in [-0.05, 0) is 44.9 Å². The Morgan fingerprint density at radius 1 is 1.28 bits per heavy atom. The van der Waals surface area contributed by atoms with Crippen LogP contribution < -0.4 is 11.1 Å². The lowest BCUT2D eigenvalue weighted by Crippen LogP contribution is -2.42. The second-order valence-corrected chi connectivity index (χ2v) is 6.43. The zero-order valence-corrected chi connectivity index (χ0v) is 14.7. The van der Waals surface area contributed by atoms with E-state index in [1.807, 2.05) is 43.0 Å². The minimum Gasteiger partial charge on any atom is -0.341 e. The molecule has 7 nitrogen and oxygen atoms in total. The summed E-state index contributed by atoms with van der Waals surface area (Å²) < 4.78 is 0. The van der Waals surface area contributed by atoms with Gasteiger partial charge in [0.25, 0.3) is 0 Å². The number of amides is 1. The number of aromatic nitrogens is 3. The van der Waals surface area contributed by atoms with E-state index in [0.29, 0.717) is 18.3 Å². The summed E-state index contributed by atoms with van der Waals surface area (Å²) >= 11 is 0. The zero-order valence-electron chi connectivity index (χ0n) is 14.7. The van der Waals surface area contributed by atoms with E-state index in [2.05, 4.69) is 15.3 Å². The predicted octanol–water partition coefficient (Wildman–Crippen LogP) is 1.90. The summed E-state index contributed by atoms with van der Waals surface area (Å²) in [5.74, 6) is 1.49. The zero-order chi connectivity index (χ0) is 17.8. The normalized spacial score (nSPS) is 17.4. The van der Waals surface area contributed by atoms with Gasteiger partial charge in [-0.25, -0.2) is 15.0 Å². The van der Waals surface area contributed by atoms with Crippen LogP contribution in [0.4, 0.5) is 11.8 Å². The van der Waals surface area contributed by atoms with Crippen LogP contribution >= 0.6 is 0 Å². The van der Waals surface area contributed by atoms with E-state index in [4.69, 9.17) is 10.7 Å². The Balaban J connectivity index is 1.76. The van der Waals surface area contributed by atoms with E-state index in [1.165, 1.54) is 0 Å². The van der Waals surface area contributed by atoms with Crippen molar-refractivity contribution in [2.75, 3.05) is 25.0 Å². The molecule has 1 fully saturated rings. The minimum absolute atomic E-state index is 0.00242. The molecule has 1 saturated heterocycles. The van der Waals surface area contributed by atoms with E-state index < -0.39 is 0 Å². The number of hydrogen-bond donors (Lipinski definition) is 2. The van der Waals surface area contributed by atoms with E-state index in [-0.39, 0.29) is 18.4 Å². The SMILES string of the molecule is Cc1cc(C)nc(Nc2cccc(C3CCCN(C(=O)CN)C3)n2)n1. The van der Waals surface area contributed by atoms with Gasteiger partial charge in [-0.1, -0.05) is 6.07 Å². The lowest BCUT2D eigenvalue weighted by Gasteiger charge is -2.32. The van der Waals surface area contributed by atoms with Crippen LogP contribution in [0.2, 0.25) is 0 Å². The van der Waals surface area contributed by atoms with Gasteiger partial charge in [0.05, 0.1) is 6.54 Å². The Labute approximate surface area is 147 Å².